The summed E-state index contributed by atoms with van der Waals surface area (Å²) in [5, 5.41) is 3.96. The Morgan fingerprint density at radius 3 is 2.63 bits per heavy atom. The van der Waals surface area contributed by atoms with Gasteiger partial charge in [-0.25, -0.2) is 4.98 Å². The lowest BCUT2D eigenvalue weighted by molar-refractivity contribution is 0.432. The molecule has 0 amide bonds. The molecule has 2 aromatic heterocycles. The zero-order valence-electron chi connectivity index (χ0n) is 10.4. The first-order chi connectivity index (χ1) is 9.24. The van der Waals surface area contributed by atoms with E-state index in [1.54, 1.807) is 18.3 Å². The van der Waals surface area contributed by atoms with Gasteiger partial charge in [-0.05, 0) is 19.1 Å². The Bertz CT molecular complexity index is 703. The van der Waals surface area contributed by atoms with Crippen LogP contribution in [0.1, 0.15) is 5.56 Å². The number of aryl methyl sites for hydroxylation is 1. The molecule has 0 bridgehead atoms. The van der Waals surface area contributed by atoms with Crippen LogP contribution in [0.4, 0.5) is 5.82 Å². The Labute approximate surface area is 110 Å². The van der Waals surface area contributed by atoms with E-state index >= 15 is 0 Å². The Morgan fingerprint density at radius 2 is 1.89 bits per heavy atom. The van der Waals surface area contributed by atoms with Gasteiger partial charge >= 0.3 is 0 Å². The number of aromatic nitrogens is 3. The average Bonchev–Trinajstić information content (AvgIpc) is 2.89. The van der Waals surface area contributed by atoms with Gasteiger partial charge in [-0.1, -0.05) is 35.0 Å². The predicted octanol–water partition coefficient (Wildman–Crippen LogP) is 2.69. The highest BCUT2D eigenvalue weighted by atomic mass is 16.5. The molecule has 0 aliphatic rings. The topological polar surface area (TPSA) is 77.8 Å². The van der Waals surface area contributed by atoms with E-state index in [1.165, 1.54) is 5.56 Å². The smallest absolute Gasteiger partial charge is 0.261 e. The molecule has 3 rings (SSSR count). The minimum Gasteiger partial charge on any atom is -0.383 e. The summed E-state index contributed by atoms with van der Waals surface area (Å²) >= 11 is 0. The largest absolute Gasteiger partial charge is 0.383 e. The van der Waals surface area contributed by atoms with Crippen LogP contribution in [0.3, 0.4) is 0 Å². The van der Waals surface area contributed by atoms with Gasteiger partial charge in [-0.2, -0.15) is 4.98 Å². The molecule has 19 heavy (non-hydrogen) atoms. The van der Waals surface area contributed by atoms with Gasteiger partial charge in [0.25, 0.3) is 5.89 Å². The van der Waals surface area contributed by atoms with Crippen molar-refractivity contribution in [2.45, 2.75) is 6.92 Å². The maximum atomic E-state index is 5.78. The zero-order valence-corrected chi connectivity index (χ0v) is 10.4. The summed E-state index contributed by atoms with van der Waals surface area (Å²) in [6, 6.07) is 11.5. The van der Waals surface area contributed by atoms with E-state index in [-0.39, 0.29) is 0 Å². The minimum absolute atomic E-state index is 0.376. The fraction of sp³-hybridized carbons (Fsp3) is 0.0714. The number of benzene rings is 1. The van der Waals surface area contributed by atoms with Crippen molar-refractivity contribution in [2.24, 2.45) is 0 Å². The summed E-state index contributed by atoms with van der Waals surface area (Å²) < 4.78 is 5.24. The van der Waals surface area contributed by atoms with E-state index in [2.05, 4.69) is 15.1 Å². The van der Waals surface area contributed by atoms with Gasteiger partial charge < -0.3 is 10.3 Å². The predicted molar refractivity (Wildman–Crippen MR) is 72.1 cm³/mol. The zero-order chi connectivity index (χ0) is 13.2. The summed E-state index contributed by atoms with van der Waals surface area (Å²) in [4.78, 5) is 8.34. The van der Waals surface area contributed by atoms with Gasteiger partial charge in [0.15, 0.2) is 0 Å². The van der Waals surface area contributed by atoms with Crippen LogP contribution in [0.2, 0.25) is 0 Å². The molecular formula is C14H12N4O. The maximum absolute atomic E-state index is 5.78. The van der Waals surface area contributed by atoms with E-state index in [0.717, 1.165) is 5.56 Å². The first-order valence-corrected chi connectivity index (χ1v) is 5.85. The Kier molecular flexibility index (Phi) is 2.72. The quantitative estimate of drug-likeness (QED) is 0.758. The molecule has 5 heteroatoms. The van der Waals surface area contributed by atoms with Gasteiger partial charge in [0, 0.05) is 11.8 Å². The third-order valence-electron chi connectivity index (χ3n) is 2.80. The number of hydrogen-bond acceptors (Lipinski definition) is 5. The van der Waals surface area contributed by atoms with Gasteiger partial charge in [0.05, 0.1) is 5.56 Å². The van der Waals surface area contributed by atoms with Gasteiger partial charge in [0.1, 0.15) is 5.82 Å². The number of rotatable bonds is 2. The number of anilines is 1. The van der Waals surface area contributed by atoms with Crippen molar-refractivity contribution in [1.29, 1.82) is 0 Å². The molecule has 2 heterocycles. The maximum Gasteiger partial charge on any atom is 0.261 e. The highest BCUT2D eigenvalue weighted by Gasteiger charge is 2.12. The van der Waals surface area contributed by atoms with Crippen molar-refractivity contribution < 1.29 is 4.52 Å². The summed E-state index contributed by atoms with van der Waals surface area (Å²) in [5.74, 6) is 1.29. The molecule has 0 aliphatic heterocycles. The summed E-state index contributed by atoms with van der Waals surface area (Å²) in [6.07, 6.45) is 1.62. The monoisotopic (exact) mass is 252 g/mol. The van der Waals surface area contributed by atoms with Crippen molar-refractivity contribution in [3.8, 4) is 22.8 Å². The first-order valence-electron chi connectivity index (χ1n) is 5.85. The van der Waals surface area contributed by atoms with E-state index in [1.807, 2.05) is 31.2 Å². The molecule has 0 spiro atoms. The van der Waals surface area contributed by atoms with E-state index < -0.39 is 0 Å². The Morgan fingerprint density at radius 1 is 1.11 bits per heavy atom. The van der Waals surface area contributed by atoms with Gasteiger partial charge in [-0.3, -0.25) is 0 Å². The molecule has 0 fully saturated rings. The number of nitrogens with zero attached hydrogens (tertiary/aromatic N) is 3. The van der Waals surface area contributed by atoms with Crippen molar-refractivity contribution in [1.82, 2.24) is 15.1 Å². The molecule has 0 atom stereocenters. The molecule has 0 saturated carbocycles. The summed E-state index contributed by atoms with van der Waals surface area (Å²) in [7, 11) is 0. The van der Waals surface area contributed by atoms with Crippen LogP contribution in [0.15, 0.2) is 47.1 Å². The first kappa shape index (κ1) is 11.4. The highest BCUT2D eigenvalue weighted by molar-refractivity contribution is 5.68. The molecule has 0 saturated heterocycles. The third-order valence-corrected chi connectivity index (χ3v) is 2.80. The lowest BCUT2D eigenvalue weighted by Crippen LogP contribution is -1.92. The average molecular weight is 252 g/mol. The second-order valence-corrected chi connectivity index (χ2v) is 4.23. The van der Waals surface area contributed by atoms with Crippen molar-refractivity contribution in [3.05, 3.63) is 48.2 Å². The van der Waals surface area contributed by atoms with Crippen LogP contribution in [0, 0.1) is 6.92 Å². The highest BCUT2D eigenvalue weighted by Crippen LogP contribution is 2.25. The lowest BCUT2D eigenvalue weighted by Gasteiger charge is -1.97. The molecule has 3 aromatic rings. The van der Waals surface area contributed by atoms with Crippen LogP contribution in [0.5, 0.6) is 0 Å². The number of nitrogen functional groups attached to an aromatic ring is 1. The SMILES string of the molecule is Cc1ccc(-c2noc(-c3cccnc3N)n2)cc1. The second-order valence-electron chi connectivity index (χ2n) is 4.23. The van der Waals surface area contributed by atoms with Crippen molar-refractivity contribution in [3.63, 3.8) is 0 Å². The molecule has 0 aliphatic carbocycles. The van der Waals surface area contributed by atoms with Crippen LogP contribution in [0.25, 0.3) is 22.8 Å². The second kappa shape index (κ2) is 4.53. The van der Waals surface area contributed by atoms with Gasteiger partial charge in [-0.15, -0.1) is 0 Å². The minimum atomic E-state index is 0.376. The number of nitrogens with two attached hydrogens (primary N) is 1. The standard InChI is InChI=1S/C14H12N4O/c1-9-4-6-10(7-5-9)13-17-14(19-18-13)11-3-2-8-16-12(11)15/h2-8H,1H3,(H2,15,16). The molecule has 0 radical (unpaired) electrons. The van der Waals surface area contributed by atoms with E-state index in [9.17, 15) is 0 Å². The van der Waals surface area contributed by atoms with Crippen LogP contribution >= 0.6 is 0 Å². The summed E-state index contributed by atoms with van der Waals surface area (Å²) in [5.41, 5.74) is 8.52. The third kappa shape index (κ3) is 2.18. The van der Waals surface area contributed by atoms with E-state index in [0.29, 0.717) is 23.1 Å². The van der Waals surface area contributed by atoms with E-state index in [4.69, 9.17) is 10.3 Å². The number of hydrogen-bond donors (Lipinski definition) is 1. The molecule has 5 nitrogen and oxygen atoms in total. The fourth-order valence-electron chi connectivity index (χ4n) is 1.75. The van der Waals surface area contributed by atoms with Crippen molar-refractivity contribution >= 4 is 5.82 Å². The van der Waals surface area contributed by atoms with Crippen LogP contribution in [-0.4, -0.2) is 15.1 Å². The normalized spacial score (nSPS) is 10.6. The molecule has 94 valence electrons. The molecule has 2 N–H and O–H groups in total. The molecular weight excluding hydrogens is 240 g/mol. The Balaban J connectivity index is 2.00. The molecule has 0 unspecified atom stereocenters. The molecule has 1 aromatic carbocycles. The number of pyridine rings is 1. The van der Waals surface area contributed by atoms with Crippen LogP contribution < -0.4 is 5.73 Å². The fourth-order valence-corrected chi connectivity index (χ4v) is 1.75. The van der Waals surface area contributed by atoms with Crippen molar-refractivity contribution in [2.75, 3.05) is 5.73 Å². The summed E-state index contributed by atoms with van der Waals surface area (Å²) in [6.45, 7) is 2.03. The Hall–Kier alpha value is -2.69. The van der Waals surface area contributed by atoms with Crippen LogP contribution in [-0.2, 0) is 0 Å². The van der Waals surface area contributed by atoms with Gasteiger partial charge in [0.2, 0.25) is 5.82 Å². The lowest BCUT2D eigenvalue weighted by atomic mass is 10.1.